The highest BCUT2D eigenvalue weighted by molar-refractivity contribution is 5.86. The fourth-order valence-electron chi connectivity index (χ4n) is 2.84. The summed E-state index contributed by atoms with van der Waals surface area (Å²) in [7, 11) is 0. The van der Waals surface area contributed by atoms with E-state index in [2.05, 4.69) is 46.9 Å². The van der Waals surface area contributed by atoms with Crippen LogP contribution >= 0.6 is 0 Å². The lowest BCUT2D eigenvalue weighted by molar-refractivity contribution is -0.122. The fraction of sp³-hybridized carbons (Fsp3) is 0.696. The van der Waals surface area contributed by atoms with E-state index < -0.39 is 0 Å². The zero-order valence-electron chi connectivity index (χ0n) is 17.9. The van der Waals surface area contributed by atoms with Gasteiger partial charge in [0.25, 0.3) is 0 Å². The minimum Gasteiger partial charge on any atom is -0.299 e. The first-order valence-electron chi connectivity index (χ1n) is 10.1. The molecular formula is C23H44O. The number of carbonyl (C=O) groups is 1. The number of ketones is 1. The lowest BCUT2D eigenvalue weighted by atomic mass is 9.78. The molecule has 0 amide bonds. The van der Waals surface area contributed by atoms with Crippen molar-refractivity contribution in [2.75, 3.05) is 0 Å². The predicted molar refractivity (Wildman–Crippen MR) is 113 cm³/mol. The van der Waals surface area contributed by atoms with E-state index in [1.807, 2.05) is 27.7 Å². The quantitative estimate of drug-likeness (QED) is 0.448. The van der Waals surface area contributed by atoms with Gasteiger partial charge in [-0.1, -0.05) is 72.1 Å². The number of Topliss-reactive ketones (excluding diaryl/α,β-unsaturated/α-hetero) is 1. The Morgan fingerprint density at radius 1 is 1.08 bits per heavy atom. The van der Waals surface area contributed by atoms with Gasteiger partial charge in [0, 0.05) is 12.3 Å². The van der Waals surface area contributed by atoms with Crippen LogP contribution in [0.3, 0.4) is 0 Å². The molecule has 0 aromatic carbocycles. The largest absolute Gasteiger partial charge is 0.299 e. The highest BCUT2D eigenvalue weighted by Gasteiger charge is 2.26. The molecule has 0 heterocycles. The molecule has 0 saturated heterocycles. The zero-order valence-corrected chi connectivity index (χ0v) is 17.9. The third-order valence-electron chi connectivity index (χ3n) is 4.01. The molecule has 142 valence electrons. The molecule has 1 unspecified atom stereocenters. The number of carbonyl (C=O) groups excluding carboxylic acids is 1. The summed E-state index contributed by atoms with van der Waals surface area (Å²) in [6, 6.07) is 0. The maximum Gasteiger partial charge on any atom is 0.140 e. The number of allylic oxidation sites excluding steroid dienone is 4. The van der Waals surface area contributed by atoms with Gasteiger partial charge in [-0.3, -0.25) is 4.79 Å². The second-order valence-corrected chi connectivity index (χ2v) is 5.43. The van der Waals surface area contributed by atoms with Crippen molar-refractivity contribution in [1.29, 1.82) is 0 Å². The summed E-state index contributed by atoms with van der Waals surface area (Å²) in [5.41, 5.74) is 4.30. The third-order valence-corrected chi connectivity index (χ3v) is 4.01. The molecule has 0 N–H and O–H groups in total. The minimum absolute atomic E-state index is 0.172. The summed E-state index contributed by atoms with van der Waals surface area (Å²) in [5, 5.41) is 0. The molecule has 0 fully saturated rings. The van der Waals surface area contributed by atoms with Gasteiger partial charge < -0.3 is 0 Å². The van der Waals surface area contributed by atoms with E-state index in [1.54, 1.807) is 0 Å². The van der Waals surface area contributed by atoms with Crippen molar-refractivity contribution in [3.8, 4) is 0 Å². The fourth-order valence-corrected chi connectivity index (χ4v) is 2.84. The Labute approximate surface area is 153 Å². The van der Waals surface area contributed by atoms with Gasteiger partial charge in [0.15, 0.2) is 0 Å². The summed E-state index contributed by atoms with van der Waals surface area (Å²) in [6.45, 7) is 22.8. The molecule has 1 aliphatic carbocycles. The average Bonchev–Trinajstić information content (AvgIpc) is 2.65. The maximum absolute atomic E-state index is 12.0. The number of rotatable bonds is 6. The number of unbranched alkanes of at least 4 members (excludes halogenated alkanes) is 1. The van der Waals surface area contributed by atoms with Crippen LogP contribution in [0.15, 0.2) is 36.0 Å². The SMILES string of the molecule is C=C.CC.CC.CCCC/C(C)=C/C1=C(CC)CCC(=O)C1CC. The summed E-state index contributed by atoms with van der Waals surface area (Å²) in [6.07, 6.45) is 9.77. The highest BCUT2D eigenvalue weighted by Crippen LogP contribution is 2.33. The summed E-state index contributed by atoms with van der Waals surface area (Å²) in [4.78, 5) is 12.0. The van der Waals surface area contributed by atoms with E-state index >= 15 is 0 Å². The molecule has 0 radical (unpaired) electrons. The molecule has 0 aliphatic heterocycles. The second kappa shape index (κ2) is 19.9. The molecule has 0 aromatic rings. The van der Waals surface area contributed by atoms with Gasteiger partial charge in [0.2, 0.25) is 0 Å². The Bertz CT molecular complexity index is 360. The predicted octanol–water partition coefficient (Wildman–Crippen LogP) is 8.07. The molecule has 1 atom stereocenters. The lowest BCUT2D eigenvalue weighted by Crippen LogP contribution is -2.21. The Balaban J connectivity index is -0.000000659. The topological polar surface area (TPSA) is 17.1 Å². The van der Waals surface area contributed by atoms with Gasteiger partial charge in [-0.05, 0) is 44.6 Å². The van der Waals surface area contributed by atoms with Crippen LogP contribution in [0, 0.1) is 5.92 Å². The summed E-state index contributed by atoms with van der Waals surface area (Å²) < 4.78 is 0. The van der Waals surface area contributed by atoms with Crippen LogP contribution in [0.5, 0.6) is 0 Å². The summed E-state index contributed by atoms with van der Waals surface area (Å²) in [5.74, 6) is 0.620. The van der Waals surface area contributed by atoms with E-state index in [0.717, 1.165) is 25.7 Å². The Kier molecular flexibility index (Phi) is 23.0. The number of hydrogen-bond acceptors (Lipinski definition) is 1. The molecule has 1 heteroatoms. The molecule has 0 saturated carbocycles. The Morgan fingerprint density at radius 3 is 2.04 bits per heavy atom. The molecule has 0 bridgehead atoms. The van der Waals surface area contributed by atoms with Crippen molar-refractivity contribution in [2.45, 2.75) is 100 Å². The second-order valence-electron chi connectivity index (χ2n) is 5.43. The third kappa shape index (κ3) is 10.6. The Morgan fingerprint density at radius 2 is 1.62 bits per heavy atom. The maximum atomic E-state index is 12.0. The van der Waals surface area contributed by atoms with E-state index in [1.165, 1.54) is 36.0 Å². The molecule has 24 heavy (non-hydrogen) atoms. The molecule has 1 aliphatic rings. The molecular weight excluding hydrogens is 292 g/mol. The van der Waals surface area contributed by atoms with Crippen LogP contribution in [0.25, 0.3) is 0 Å². The first-order chi connectivity index (χ1) is 11.6. The van der Waals surface area contributed by atoms with Crippen molar-refractivity contribution in [2.24, 2.45) is 5.92 Å². The van der Waals surface area contributed by atoms with Crippen molar-refractivity contribution in [3.05, 3.63) is 36.0 Å². The van der Waals surface area contributed by atoms with Crippen molar-refractivity contribution in [3.63, 3.8) is 0 Å². The standard InChI is InChI=1S/C17H28O.2C2H6.C2H4/c1-5-8-9-13(4)12-16-14(6-2)10-11-17(18)15(16)7-3;3*1-2/h12,15H,5-11H2,1-4H3;2*1-2H3;1-2H2/b13-12+;;;. The van der Waals surface area contributed by atoms with E-state index in [9.17, 15) is 4.79 Å². The van der Waals surface area contributed by atoms with E-state index in [-0.39, 0.29) is 5.92 Å². The Hall–Kier alpha value is -1.11. The molecule has 0 aromatic heterocycles. The van der Waals surface area contributed by atoms with Crippen LogP contribution in [0.4, 0.5) is 0 Å². The molecule has 1 nitrogen and oxygen atoms in total. The zero-order chi connectivity index (χ0) is 19.5. The van der Waals surface area contributed by atoms with Gasteiger partial charge in [0.05, 0.1) is 0 Å². The summed E-state index contributed by atoms with van der Waals surface area (Å²) >= 11 is 0. The van der Waals surface area contributed by atoms with Crippen LogP contribution in [-0.2, 0) is 4.79 Å². The van der Waals surface area contributed by atoms with Gasteiger partial charge >= 0.3 is 0 Å². The van der Waals surface area contributed by atoms with Gasteiger partial charge in [-0.15, -0.1) is 13.2 Å². The van der Waals surface area contributed by atoms with Crippen molar-refractivity contribution < 1.29 is 4.79 Å². The first-order valence-corrected chi connectivity index (χ1v) is 10.1. The highest BCUT2D eigenvalue weighted by atomic mass is 16.1. The first kappa shape index (κ1) is 27.7. The smallest absolute Gasteiger partial charge is 0.140 e. The van der Waals surface area contributed by atoms with Crippen LogP contribution in [0.2, 0.25) is 0 Å². The van der Waals surface area contributed by atoms with Gasteiger partial charge in [-0.25, -0.2) is 0 Å². The monoisotopic (exact) mass is 336 g/mol. The average molecular weight is 337 g/mol. The van der Waals surface area contributed by atoms with Crippen LogP contribution < -0.4 is 0 Å². The normalized spacial score (nSPS) is 16.9. The van der Waals surface area contributed by atoms with Gasteiger partial charge in [-0.2, -0.15) is 0 Å². The van der Waals surface area contributed by atoms with Crippen LogP contribution in [-0.4, -0.2) is 5.78 Å². The van der Waals surface area contributed by atoms with Crippen molar-refractivity contribution in [1.82, 2.24) is 0 Å². The van der Waals surface area contributed by atoms with E-state index in [0.29, 0.717) is 5.78 Å². The minimum atomic E-state index is 0.172. The van der Waals surface area contributed by atoms with Gasteiger partial charge in [0.1, 0.15) is 5.78 Å². The molecule has 0 spiro atoms. The van der Waals surface area contributed by atoms with Crippen molar-refractivity contribution >= 4 is 5.78 Å². The molecule has 1 rings (SSSR count). The lowest BCUT2D eigenvalue weighted by Gasteiger charge is -2.25. The van der Waals surface area contributed by atoms with Crippen LogP contribution in [0.1, 0.15) is 100 Å². The van der Waals surface area contributed by atoms with E-state index in [4.69, 9.17) is 0 Å². The number of hydrogen-bond donors (Lipinski definition) is 0.